The number of allylic oxidation sites excluding steroid dienone is 8. The molecule has 0 rings (SSSR count). The molecule has 0 bridgehead atoms. The first-order chi connectivity index (χ1) is 27.5. The Morgan fingerprint density at radius 3 is 1.49 bits per heavy atom. The molecule has 332 valence electrons. The fourth-order valence-corrected chi connectivity index (χ4v) is 6.81. The lowest BCUT2D eigenvalue weighted by molar-refractivity contribution is -0.870. The molecule has 2 atom stereocenters. The van der Waals surface area contributed by atoms with Crippen molar-refractivity contribution in [1.29, 1.82) is 0 Å². The molecule has 2 unspecified atom stereocenters. The molecule has 0 fully saturated rings. The van der Waals surface area contributed by atoms with Crippen LogP contribution >= 0.6 is 7.82 Å². The number of carbonyl (C=O) groups is 2. The maximum absolute atomic E-state index is 12.7. The van der Waals surface area contributed by atoms with Crippen LogP contribution in [-0.4, -0.2) is 74.9 Å². The third-order valence-electron chi connectivity index (χ3n) is 9.62. The molecular weight excluding hydrogens is 737 g/mol. The Balaban J connectivity index is 4.31. The lowest BCUT2D eigenvalue weighted by Gasteiger charge is -2.24. The highest BCUT2D eigenvalue weighted by atomic mass is 31.2. The van der Waals surface area contributed by atoms with Crippen LogP contribution in [0, 0.1) is 0 Å². The van der Waals surface area contributed by atoms with Gasteiger partial charge in [-0.1, -0.05) is 172 Å². The standard InChI is InChI=1S/C47H86NO8P/c1-6-8-10-12-14-16-18-20-21-22-23-24-25-26-27-28-30-32-34-36-38-40-47(50)56-45(44-55-57(51,52)54-42-41-48(3,4)5)43-53-46(49)39-37-35-33-31-29-19-17-15-13-11-9-7-2/h8,10,14,16,20-21,23-24,45H,6-7,9,11-13,15,17-19,22,25-44H2,1-5H3/p+1/b10-8-,16-14-,21-20-,24-23-. The number of quaternary nitrogens is 1. The zero-order chi connectivity index (χ0) is 42.1. The average Bonchev–Trinajstić information content (AvgIpc) is 3.16. The minimum atomic E-state index is -4.38. The predicted octanol–water partition coefficient (Wildman–Crippen LogP) is 13.1. The number of rotatable bonds is 41. The number of nitrogens with zero attached hydrogens (tertiary/aromatic N) is 1. The summed E-state index contributed by atoms with van der Waals surface area (Å²) in [7, 11) is 1.47. The lowest BCUT2D eigenvalue weighted by Crippen LogP contribution is -2.37. The van der Waals surface area contributed by atoms with E-state index in [4.69, 9.17) is 18.5 Å². The second-order valence-electron chi connectivity index (χ2n) is 16.4. The van der Waals surface area contributed by atoms with Crippen molar-refractivity contribution in [1.82, 2.24) is 0 Å². The number of likely N-dealkylation sites (N-methyl/N-ethyl adjacent to an activating group) is 1. The summed E-state index contributed by atoms with van der Waals surface area (Å²) in [4.78, 5) is 35.4. The van der Waals surface area contributed by atoms with E-state index in [1.807, 2.05) is 21.1 Å². The molecule has 0 amide bonds. The van der Waals surface area contributed by atoms with Crippen molar-refractivity contribution in [3.63, 3.8) is 0 Å². The summed E-state index contributed by atoms with van der Waals surface area (Å²) in [6, 6.07) is 0. The molecule has 10 heteroatoms. The second-order valence-corrected chi connectivity index (χ2v) is 17.9. The molecule has 1 N–H and O–H groups in total. The fourth-order valence-electron chi connectivity index (χ4n) is 6.06. The first kappa shape index (κ1) is 55.0. The minimum absolute atomic E-state index is 0.0296. The Morgan fingerprint density at radius 2 is 1.00 bits per heavy atom. The van der Waals surface area contributed by atoms with E-state index >= 15 is 0 Å². The summed E-state index contributed by atoms with van der Waals surface area (Å²) in [5, 5.41) is 0. The molecule has 0 aliphatic heterocycles. The van der Waals surface area contributed by atoms with Crippen LogP contribution in [0.1, 0.15) is 187 Å². The molecule has 9 nitrogen and oxygen atoms in total. The number of hydrogen-bond donors (Lipinski definition) is 1. The number of carbonyl (C=O) groups excluding carboxylic acids is 2. The number of ether oxygens (including phenoxy) is 2. The van der Waals surface area contributed by atoms with Crippen molar-refractivity contribution in [2.75, 3.05) is 47.5 Å². The van der Waals surface area contributed by atoms with Crippen molar-refractivity contribution in [2.24, 2.45) is 0 Å². The third-order valence-corrected chi connectivity index (χ3v) is 10.6. The molecule has 0 aromatic carbocycles. The van der Waals surface area contributed by atoms with E-state index in [2.05, 4.69) is 62.5 Å². The van der Waals surface area contributed by atoms with Crippen molar-refractivity contribution in [2.45, 2.75) is 193 Å². The van der Waals surface area contributed by atoms with Crippen molar-refractivity contribution in [3.05, 3.63) is 48.6 Å². The smallest absolute Gasteiger partial charge is 0.462 e. The molecule has 0 aliphatic rings. The van der Waals surface area contributed by atoms with Crippen LogP contribution in [0.25, 0.3) is 0 Å². The molecule has 0 spiro atoms. The maximum atomic E-state index is 12.7. The molecule has 57 heavy (non-hydrogen) atoms. The van der Waals surface area contributed by atoms with Gasteiger partial charge in [0.15, 0.2) is 6.10 Å². The fraction of sp³-hybridized carbons (Fsp3) is 0.787. The van der Waals surface area contributed by atoms with E-state index in [1.54, 1.807) is 0 Å². The van der Waals surface area contributed by atoms with Gasteiger partial charge in [0.2, 0.25) is 0 Å². The van der Waals surface area contributed by atoms with E-state index in [1.165, 1.54) is 83.5 Å². The lowest BCUT2D eigenvalue weighted by atomic mass is 10.0. The summed E-state index contributed by atoms with van der Waals surface area (Å²) >= 11 is 0. The SMILES string of the molecule is CC/C=C\C/C=C\C/C=C\C/C=C\CCCCCCCCCCC(=O)OC(COC(=O)CCCCCCCCCCCCCC)COP(=O)(O)OCC[N+](C)(C)C. The molecule has 0 aromatic heterocycles. The first-order valence-electron chi connectivity index (χ1n) is 22.9. The zero-order valence-electron chi connectivity index (χ0n) is 37.3. The van der Waals surface area contributed by atoms with Gasteiger partial charge in [-0.2, -0.15) is 0 Å². The molecule has 0 heterocycles. The average molecular weight is 825 g/mol. The summed E-state index contributed by atoms with van der Waals surface area (Å²) in [5.41, 5.74) is 0. The van der Waals surface area contributed by atoms with Gasteiger partial charge in [-0.25, -0.2) is 4.57 Å². The third kappa shape index (κ3) is 43.4. The van der Waals surface area contributed by atoms with E-state index < -0.39 is 26.5 Å². The summed E-state index contributed by atoms with van der Waals surface area (Å²) < 4.78 is 34.3. The Morgan fingerprint density at radius 1 is 0.561 bits per heavy atom. The summed E-state index contributed by atoms with van der Waals surface area (Å²) in [6.07, 6.45) is 45.8. The van der Waals surface area contributed by atoms with Crippen LogP contribution in [0.5, 0.6) is 0 Å². The van der Waals surface area contributed by atoms with Crippen LogP contribution in [0.3, 0.4) is 0 Å². The Hall–Kier alpha value is -2.03. The predicted molar refractivity (Wildman–Crippen MR) is 238 cm³/mol. The quantitative estimate of drug-likeness (QED) is 0.0213. The van der Waals surface area contributed by atoms with Gasteiger partial charge in [0, 0.05) is 12.8 Å². The van der Waals surface area contributed by atoms with Gasteiger partial charge in [-0.3, -0.25) is 18.6 Å². The molecule has 0 aliphatic carbocycles. The van der Waals surface area contributed by atoms with Gasteiger partial charge in [-0.05, 0) is 51.4 Å². The van der Waals surface area contributed by atoms with Crippen LogP contribution < -0.4 is 0 Å². The van der Waals surface area contributed by atoms with Crippen molar-refractivity contribution < 1.29 is 42.1 Å². The molecule has 0 saturated heterocycles. The van der Waals surface area contributed by atoms with Gasteiger partial charge in [0.25, 0.3) is 0 Å². The highest BCUT2D eigenvalue weighted by Crippen LogP contribution is 2.43. The van der Waals surface area contributed by atoms with Crippen LogP contribution in [0.15, 0.2) is 48.6 Å². The van der Waals surface area contributed by atoms with Gasteiger partial charge in [0.05, 0.1) is 27.7 Å². The monoisotopic (exact) mass is 825 g/mol. The molecule has 0 radical (unpaired) electrons. The number of unbranched alkanes of at least 4 members (excludes halogenated alkanes) is 19. The van der Waals surface area contributed by atoms with Crippen LogP contribution in [-0.2, 0) is 32.7 Å². The zero-order valence-corrected chi connectivity index (χ0v) is 38.2. The number of hydrogen-bond acceptors (Lipinski definition) is 7. The van der Waals surface area contributed by atoms with Gasteiger partial charge in [0.1, 0.15) is 19.8 Å². The number of esters is 2. The maximum Gasteiger partial charge on any atom is 0.472 e. The van der Waals surface area contributed by atoms with Crippen LogP contribution in [0.4, 0.5) is 0 Å². The number of phosphoric acid groups is 1. The topological polar surface area (TPSA) is 108 Å². The number of phosphoric ester groups is 1. The second kappa shape index (κ2) is 39.4. The Kier molecular flexibility index (Phi) is 38.0. The Bertz CT molecular complexity index is 1110. The van der Waals surface area contributed by atoms with E-state index in [0.29, 0.717) is 17.4 Å². The van der Waals surface area contributed by atoms with E-state index in [-0.39, 0.29) is 32.0 Å². The van der Waals surface area contributed by atoms with Crippen LogP contribution in [0.2, 0.25) is 0 Å². The van der Waals surface area contributed by atoms with E-state index in [0.717, 1.165) is 70.6 Å². The van der Waals surface area contributed by atoms with E-state index in [9.17, 15) is 19.0 Å². The van der Waals surface area contributed by atoms with Crippen molar-refractivity contribution in [3.8, 4) is 0 Å². The minimum Gasteiger partial charge on any atom is -0.462 e. The molecule has 0 saturated carbocycles. The van der Waals surface area contributed by atoms with Gasteiger partial charge in [-0.15, -0.1) is 0 Å². The largest absolute Gasteiger partial charge is 0.472 e. The summed E-state index contributed by atoms with van der Waals surface area (Å²) in [6.45, 7) is 4.30. The normalized spacial score (nSPS) is 14.0. The first-order valence-corrected chi connectivity index (χ1v) is 24.4. The van der Waals surface area contributed by atoms with Gasteiger partial charge >= 0.3 is 19.8 Å². The highest BCUT2D eigenvalue weighted by Gasteiger charge is 2.27. The highest BCUT2D eigenvalue weighted by molar-refractivity contribution is 7.47. The summed E-state index contributed by atoms with van der Waals surface area (Å²) in [5.74, 6) is -0.806. The molecule has 0 aromatic rings. The molecular formula is C47H87NO8P+. The van der Waals surface area contributed by atoms with Gasteiger partial charge < -0.3 is 18.9 Å². The Labute approximate surface area is 350 Å². The van der Waals surface area contributed by atoms with Crippen molar-refractivity contribution >= 4 is 19.8 Å².